The minimum Gasteiger partial charge on any atom is -0.364 e. The van der Waals surface area contributed by atoms with Crippen LogP contribution < -0.4 is 10.7 Å². The number of rotatable bonds is 2. The van der Waals surface area contributed by atoms with Crippen LogP contribution in [0.2, 0.25) is 0 Å². The van der Waals surface area contributed by atoms with Crippen molar-refractivity contribution in [3.05, 3.63) is 33.7 Å². The van der Waals surface area contributed by atoms with Gasteiger partial charge in [0.25, 0.3) is 5.91 Å². The van der Waals surface area contributed by atoms with E-state index in [2.05, 4.69) is 10.3 Å². The average molecular weight is 263 g/mol. The second-order valence-electron chi connectivity index (χ2n) is 4.83. The molecule has 1 aliphatic heterocycles. The summed E-state index contributed by atoms with van der Waals surface area (Å²) < 4.78 is 0. The van der Waals surface area contributed by atoms with Crippen molar-refractivity contribution in [1.29, 1.82) is 0 Å². The van der Waals surface area contributed by atoms with Gasteiger partial charge in [0.1, 0.15) is 5.56 Å². The molecule has 1 aliphatic rings. The summed E-state index contributed by atoms with van der Waals surface area (Å²) in [6.45, 7) is 4.22. The van der Waals surface area contributed by atoms with E-state index in [-0.39, 0.29) is 28.8 Å². The normalized spacial score (nSPS) is 18.4. The van der Waals surface area contributed by atoms with Crippen LogP contribution in [0.5, 0.6) is 0 Å². The molecule has 102 valence electrons. The summed E-state index contributed by atoms with van der Waals surface area (Å²) >= 11 is 0. The van der Waals surface area contributed by atoms with Gasteiger partial charge in [-0.25, -0.2) is 0 Å². The van der Waals surface area contributed by atoms with Gasteiger partial charge in [-0.1, -0.05) is 0 Å². The van der Waals surface area contributed by atoms with E-state index in [9.17, 15) is 14.4 Å². The fraction of sp³-hybridized carbons (Fsp3) is 0.462. The zero-order valence-electron chi connectivity index (χ0n) is 11.0. The lowest BCUT2D eigenvalue weighted by atomic mass is 10.2. The number of pyridine rings is 1. The summed E-state index contributed by atoms with van der Waals surface area (Å²) in [6.07, 6.45) is 2.17. The number of amides is 2. The fourth-order valence-corrected chi connectivity index (χ4v) is 2.26. The molecule has 1 aromatic rings. The quantitative estimate of drug-likeness (QED) is 0.790. The summed E-state index contributed by atoms with van der Waals surface area (Å²) in [5.41, 5.74) is 0.595. The van der Waals surface area contributed by atoms with Gasteiger partial charge in [0.2, 0.25) is 5.91 Å². The predicted molar refractivity (Wildman–Crippen MR) is 69.9 cm³/mol. The standard InChI is InChI=1S/C13H17N3O3/c1-8-5-12(18)11(6-14-8)13(19)16-4-3-10(7-16)15-9(2)17/h5-6,10H,3-4,7H2,1-2H3,(H,14,18)(H,15,17). The largest absolute Gasteiger partial charge is 0.364 e. The van der Waals surface area contributed by atoms with Gasteiger partial charge in [-0.3, -0.25) is 14.4 Å². The van der Waals surface area contributed by atoms with Crippen LogP contribution >= 0.6 is 0 Å². The first kappa shape index (κ1) is 13.3. The molecule has 2 N–H and O–H groups in total. The molecular formula is C13H17N3O3. The van der Waals surface area contributed by atoms with Crippen LogP contribution in [0.1, 0.15) is 29.4 Å². The number of aromatic nitrogens is 1. The second-order valence-corrected chi connectivity index (χ2v) is 4.83. The zero-order chi connectivity index (χ0) is 14.0. The maximum Gasteiger partial charge on any atom is 0.259 e. The third kappa shape index (κ3) is 3.01. The molecule has 0 aromatic carbocycles. The molecule has 19 heavy (non-hydrogen) atoms. The van der Waals surface area contributed by atoms with Crippen LogP contribution in [0.4, 0.5) is 0 Å². The minimum atomic E-state index is -0.283. The van der Waals surface area contributed by atoms with Crippen molar-refractivity contribution in [3.8, 4) is 0 Å². The van der Waals surface area contributed by atoms with Gasteiger partial charge in [0, 0.05) is 44.0 Å². The lowest BCUT2D eigenvalue weighted by molar-refractivity contribution is -0.119. The number of hydrogen-bond acceptors (Lipinski definition) is 3. The zero-order valence-corrected chi connectivity index (χ0v) is 11.0. The average Bonchev–Trinajstić information content (AvgIpc) is 2.75. The van der Waals surface area contributed by atoms with Crippen molar-refractivity contribution in [1.82, 2.24) is 15.2 Å². The summed E-state index contributed by atoms with van der Waals surface area (Å²) in [5.74, 6) is -0.387. The van der Waals surface area contributed by atoms with E-state index in [0.29, 0.717) is 13.1 Å². The van der Waals surface area contributed by atoms with Crippen LogP contribution in [0.3, 0.4) is 0 Å². The highest BCUT2D eigenvalue weighted by Crippen LogP contribution is 2.11. The Labute approximate surface area is 110 Å². The van der Waals surface area contributed by atoms with Gasteiger partial charge in [0.15, 0.2) is 5.43 Å². The molecule has 0 spiro atoms. The summed E-state index contributed by atoms with van der Waals surface area (Å²) in [7, 11) is 0. The van der Waals surface area contributed by atoms with Gasteiger partial charge >= 0.3 is 0 Å². The maximum absolute atomic E-state index is 12.2. The highest BCUT2D eigenvalue weighted by atomic mass is 16.2. The number of nitrogens with zero attached hydrogens (tertiary/aromatic N) is 1. The van der Waals surface area contributed by atoms with Gasteiger partial charge in [0.05, 0.1) is 0 Å². The van der Waals surface area contributed by atoms with Crippen LogP contribution in [-0.2, 0) is 4.79 Å². The molecule has 2 amide bonds. The Morgan fingerprint density at radius 1 is 1.47 bits per heavy atom. The molecule has 0 aliphatic carbocycles. The molecular weight excluding hydrogens is 246 g/mol. The minimum absolute atomic E-state index is 0.0222. The van der Waals surface area contributed by atoms with E-state index >= 15 is 0 Å². The number of hydrogen-bond donors (Lipinski definition) is 2. The Balaban J connectivity index is 2.09. The Morgan fingerprint density at radius 3 is 2.84 bits per heavy atom. The number of likely N-dealkylation sites (tertiary alicyclic amines) is 1. The Morgan fingerprint density at radius 2 is 2.21 bits per heavy atom. The van der Waals surface area contributed by atoms with E-state index in [1.54, 1.807) is 11.8 Å². The molecule has 0 saturated carbocycles. The summed E-state index contributed by atoms with van der Waals surface area (Å²) in [4.78, 5) is 39.4. The molecule has 1 unspecified atom stereocenters. The predicted octanol–water partition coefficient (Wildman–Crippen LogP) is 0.0339. The first-order chi connectivity index (χ1) is 8.97. The highest BCUT2D eigenvalue weighted by molar-refractivity contribution is 5.94. The van der Waals surface area contributed by atoms with Gasteiger partial charge in [-0.15, -0.1) is 0 Å². The highest BCUT2D eigenvalue weighted by Gasteiger charge is 2.28. The fourth-order valence-electron chi connectivity index (χ4n) is 2.26. The molecule has 6 nitrogen and oxygen atoms in total. The van der Waals surface area contributed by atoms with Crippen LogP contribution in [0.25, 0.3) is 0 Å². The topological polar surface area (TPSA) is 82.3 Å². The summed E-state index contributed by atoms with van der Waals surface area (Å²) in [6, 6.07) is 1.39. The monoisotopic (exact) mass is 263 g/mol. The van der Waals surface area contributed by atoms with E-state index in [1.807, 2.05) is 0 Å². The van der Waals surface area contributed by atoms with E-state index in [0.717, 1.165) is 12.1 Å². The van der Waals surface area contributed by atoms with Crippen LogP contribution in [-0.4, -0.2) is 40.8 Å². The lowest BCUT2D eigenvalue weighted by Crippen LogP contribution is -2.38. The van der Waals surface area contributed by atoms with E-state index in [1.165, 1.54) is 19.2 Å². The van der Waals surface area contributed by atoms with Gasteiger partial charge < -0.3 is 15.2 Å². The van der Waals surface area contributed by atoms with E-state index in [4.69, 9.17) is 0 Å². The molecule has 1 fully saturated rings. The third-order valence-electron chi connectivity index (χ3n) is 3.17. The van der Waals surface area contributed by atoms with Crippen molar-refractivity contribution in [2.45, 2.75) is 26.3 Å². The molecule has 1 atom stereocenters. The third-order valence-corrected chi connectivity index (χ3v) is 3.17. The van der Waals surface area contributed by atoms with E-state index < -0.39 is 0 Å². The van der Waals surface area contributed by atoms with Crippen molar-refractivity contribution in [3.63, 3.8) is 0 Å². The van der Waals surface area contributed by atoms with Crippen LogP contribution in [0.15, 0.2) is 17.1 Å². The molecule has 2 rings (SSSR count). The van der Waals surface area contributed by atoms with Crippen LogP contribution in [0, 0.1) is 6.92 Å². The first-order valence-corrected chi connectivity index (χ1v) is 6.23. The molecule has 0 radical (unpaired) electrons. The lowest BCUT2D eigenvalue weighted by Gasteiger charge is -2.16. The number of aryl methyl sites for hydroxylation is 1. The SMILES string of the molecule is CC(=O)NC1CCN(C(=O)c2c[nH]c(C)cc2=O)C1. The molecule has 2 heterocycles. The summed E-state index contributed by atoms with van der Waals surface area (Å²) in [5, 5.41) is 2.78. The van der Waals surface area contributed by atoms with Crippen molar-refractivity contribution < 1.29 is 9.59 Å². The number of H-pyrrole nitrogens is 1. The van der Waals surface area contributed by atoms with Gasteiger partial charge in [-0.2, -0.15) is 0 Å². The number of nitrogens with one attached hydrogen (secondary N) is 2. The molecule has 1 saturated heterocycles. The Bertz CT molecular complexity index is 564. The van der Waals surface area contributed by atoms with Gasteiger partial charge in [-0.05, 0) is 13.3 Å². The molecule has 6 heteroatoms. The van der Waals surface area contributed by atoms with Crippen molar-refractivity contribution >= 4 is 11.8 Å². The smallest absolute Gasteiger partial charge is 0.259 e. The number of carbonyl (C=O) groups excluding carboxylic acids is 2. The van der Waals surface area contributed by atoms with Crippen molar-refractivity contribution in [2.24, 2.45) is 0 Å². The molecule has 1 aromatic heterocycles. The molecule has 0 bridgehead atoms. The first-order valence-electron chi connectivity index (χ1n) is 6.23. The van der Waals surface area contributed by atoms with Crippen molar-refractivity contribution in [2.75, 3.05) is 13.1 Å². The Hall–Kier alpha value is -2.11. The number of carbonyl (C=O) groups is 2. The number of aromatic amines is 1. The second kappa shape index (κ2) is 5.26. The Kier molecular flexibility index (Phi) is 3.69. The maximum atomic E-state index is 12.2.